The number of imide groups is 1. The molecule has 0 unspecified atom stereocenters. The van der Waals surface area contributed by atoms with Crippen LogP contribution >= 0.6 is 11.8 Å². The predicted octanol–water partition coefficient (Wildman–Crippen LogP) is 4.25. The molecule has 0 atom stereocenters. The van der Waals surface area contributed by atoms with E-state index in [2.05, 4.69) is 10.3 Å². The van der Waals surface area contributed by atoms with Crippen LogP contribution in [0.2, 0.25) is 0 Å². The van der Waals surface area contributed by atoms with Gasteiger partial charge in [-0.1, -0.05) is 48.0 Å². The minimum Gasteiger partial charge on any atom is -0.358 e. The van der Waals surface area contributed by atoms with E-state index in [1.54, 1.807) is 6.08 Å². The molecule has 0 radical (unpaired) electrons. The highest BCUT2D eigenvalue weighted by Crippen LogP contribution is 2.32. The molecule has 0 bridgehead atoms. The molecule has 1 aliphatic rings. The minimum atomic E-state index is -0.330. The summed E-state index contributed by atoms with van der Waals surface area (Å²) >= 11 is 0.923. The number of hydrogen-bond donors (Lipinski definition) is 2. The van der Waals surface area contributed by atoms with E-state index >= 15 is 0 Å². The normalized spacial score (nSPS) is 15.4. The fourth-order valence-electron chi connectivity index (χ4n) is 3.45. The summed E-state index contributed by atoms with van der Waals surface area (Å²) in [6.45, 7) is 4.15. The lowest BCUT2D eigenvalue weighted by Crippen LogP contribution is -2.37. The maximum Gasteiger partial charge on any atom is 0.293 e. The maximum absolute atomic E-state index is 12.7. The van der Waals surface area contributed by atoms with Crippen molar-refractivity contribution in [1.82, 2.24) is 15.2 Å². The Morgan fingerprint density at radius 2 is 1.83 bits per heavy atom. The number of thioether (sulfide) groups is 1. The summed E-state index contributed by atoms with van der Waals surface area (Å²) in [6.07, 6.45) is 1.72. The Morgan fingerprint density at radius 3 is 2.60 bits per heavy atom. The first-order valence-electron chi connectivity index (χ1n) is 9.61. The van der Waals surface area contributed by atoms with Crippen LogP contribution in [0.3, 0.4) is 0 Å². The molecule has 6 nitrogen and oxygen atoms in total. The van der Waals surface area contributed by atoms with Crippen molar-refractivity contribution in [3.63, 3.8) is 0 Å². The maximum atomic E-state index is 12.7. The molecule has 4 rings (SSSR count). The Balaban J connectivity index is 1.40. The number of carbonyl (C=O) groups is 3. The summed E-state index contributed by atoms with van der Waals surface area (Å²) in [4.78, 5) is 42.3. The number of H-pyrrole nitrogens is 1. The van der Waals surface area contributed by atoms with Crippen LogP contribution in [0.5, 0.6) is 0 Å². The first-order valence-corrected chi connectivity index (χ1v) is 10.4. The molecule has 1 aromatic heterocycles. The van der Waals surface area contributed by atoms with Crippen molar-refractivity contribution in [3.8, 4) is 0 Å². The predicted molar refractivity (Wildman–Crippen MR) is 119 cm³/mol. The number of hydrogen-bond acceptors (Lipinski definition) is 4. The highest BCUT2D eigenvalue weighted by Gasteiger charge is 2.34. The van der Waals surface area contributed by atoms with Gasteiger partial charge in [0.05, 0.1) is 10.5 Å². The highest BCUT2D eigenvalue weighted by atomic mass is 32.2. The minimum absolute atomic E-state index is 0.128. The summed E-state index contributed by atoms with van der Waals surface area (Å²) < 4.78 is 0. The Kier molecular flexibility index (Phi) is 5.46. The SMILES string of the molecule is Cc1ccc(/C=C2\SC(=O)N(CCNC(=O)c3c(C)[nH]c4ccccc34)C2=O)cc1. The first kappa shape index (κ1) is 20.0. The van der Waals surface area contributed by atoms with Crippen LogP contribution in [0.15, 0.2) is 53.4 Å². The third kappa shape index (κ3) is 3.89. The summed E-state index contributed by atoms with van der Waals surface area (Å²) in [5.41, 5.74) is 4.25. The van der Waals surface area contributed by atoms with Crippen molar-refractivity contribution in [1.29, 1.82) is 0 Å². The van der Waals surface area contributed by atoms with Gasteiger partial charge in [-0.2, -0.15) is 0 Å². The van der Waals surface area contributed by atoms with E-state index in [9.17, 15) is 14.4 Å². The number of amides is 3. The Bertz CT molecular complexity index is 1180. The van der Waals surface area contributed by atoms with Gasteiger partial charge in [-0.05, 0) is 43.3 Å². The second-order valence-corrected chi connectivity index (χ2v) is 8.16. The number of aromatic nitrogens is 1. The Morgan fingerprint density at radius 1 is 1.10 bits per heavy atom. The van der Waals surface area contributed by atoms with Crippen molar-refractivity contribution in [2.75, 3.05) is 13.1 Å². The molecule has 3 amide bonds. The van der Waals surface area contributed by atoms with E-state index in [1.165, 1.54) is 4.90 Å². The van der Waals surface area contributed by atoms with Gasteiger partial charge in [-0.15, -0.1) is 0 Å². The zero-order valence-electron chi connectivity index (χ0n) is 16.7. The third-order valence-corrected chi connectivity index (χ3v) is 5.90. The van der Waals surface area contributed by atoms with Crippen LogP contribution in [0.1, 0.15) is 27.2 Å². The van der Waals surface area contributed by atoms with Crippen LogP contribution in [-0.4, -0.2) is 40.0 Å². The number of fused-ring (bicyclic) bond motifs is 1. The molecule has 30 heavy (non-hydrogen) atoms. The lowest BCUT2D eigenvalue weighted by molar-refractivity contribution is -0.122. The standard InChI is InChI=1S/C23H21N3O3S/c1-14-7-9-16(10-8-14)13-19-22(28)26(23(29)30-19)12-11-24-21(27)20-15(2)25-18-6-4-3-5-17(18)20/h3-10,13,25H,11-12H2,1-2H3,(H,24,27)/b19-13-. The average molecular weight is 420 g/mol. The van der Waals surface area contributed by atoms with Gasteiger partial charge < -0.3 is 10.3 Å². The number of para-hydroxylation sites is 1. The second kappa shape index (κ2) is 8.20. The number of carbonyl (C=O) groups excluding carboxylic acids is 3. The van der Waals surface area contributed by atoms with Crippen molar-refractivity contribution in [2.45, 2.75) is 13.8 Å². The zero-order chi connectivity index (χ0) is 21.3. The van der Waals surface area contributed by atoms with E-state index in [4.69, 9.17) is 0 Å². The molecule has 1 saturated heterocycles. The van der Waals surface area contributed by atoms with E-state index in [-0.39, 0.29) is 30.1 Å². The first-order chi connectivity index (χ1) is 14.4. The molecular formula is C23H21N3O3S. The highest BCUT2D eigenvalue weighted by molar-refractivity contribution is 8.18. The van der Waals surface area contributed by atoms with Gasteiger partial charge in [0, 0.05) is 29.7 Å². The van der Waals surface area contributed by atoms with Gasteiger partial charge in [-0.3, -0.25) is 19.3 Å². The molecule has 1 fully saturated rings. The smallest absolute Gasteiger partial charge is 0.293 e. The molecule has 0 spiro atoms. The summed E-state index contributed by atoms with van der Waals surface area (Å²) in [5, 5.41) is 3.35. The zero-order valence-corrected chi connectivity index (χ0v) is 17.5. The molecule has 152 valence electrons. The van der Waals surface area contributed by atoms with Gasteiger partial charge in [-0.25, -0.2) is 0 Å². The number of benzene rings is 2. The lowest BCUT2D eigenvalue weighted by Gasteiger charge is -2.13. The molecular weight excluding hydrogens is 398 g/mol. The topological polar surface area (TPSA) is 82.3 Å². The lowest BCUT2D eigenvalue weighted by atomic mass is 10.1. The number of nitrogens with zero attached hydrogens (tertiary/aromatic N) is 1. The second-order valence-electron chi connectivity index (χ2n) is 7.17. The van der Waals surface area contributed by atoms with Crippen LogP contribution in [-0.2, 0) is 4.79 Å². The number of aromatic amines is 1. The van der Waals surface area contributed by atoms with Gasteiger partial charge in [0.15, 0.2) is 0 Å². The number of aryl methyl sites for hydroxylation is 2. The third-order valence-electron chi connectivity index (χ3n) is 4.99. The monoisotopic (exact) mass is 419 g/mol. The summed E-state index contributed by atoms with van der Waals surface area (Å²) in [5.74, 6) is -0.560. The van der Waals surface area contributed by atoms with Crippen LogP contribution in [0.25, 0.3) is 17.0 Å². The van der Waals surface area contributed by atoms with Crippen molar-refractivity contribution in [2.24, 2.45) is 0 Å². The van der Waals surface area contributed by atoms with Crippen molar-refractivity contribution in [3.05, 3.63) is 75.8 Å². The fourth-order valence-corrected chi connectivity index (χ4v) is 4.31. The van der Waals surface area contributed by atoms with Gasteiger partial charge in [0.1, 0.15) is 0 Å². The van der Waals surface area contributed by atoms with Crippen molar-refractivity contribution < 1.29 is 14.4 Å². The summed E-state index contributed by atoms with van der Waals surface area (Å²) in [7, 11) is 0. The van der Waals surface area contributed by atoms with Gasteiger partial charge in [0.2, 0.25) is 0 Å². The molecule has 2 N–H and O–H groups in total. The van der Waals surface area contributed by atoms with E-state index in [1.807, 2.05) is 62.4 Å². The van der Waals surface area contributed by atoms with Crippen LogP contribution in [0, 0.1) is 13.8 Å². The quantitative estimate of drug-likeness (QED) is 0.606. The molecule has 7 heteroatoms. The van der Waals surface area contributed by atoms with Crippen LogP contribution < -0.4 is 5.32 Å². The summed E-state index contributed by atoms with van der Waals surface area (Å²) in [6, 6.07) is 15.3. The van der Waals surface area contributed by atoms with Gasteiger partial charge >= 0.3 is 0 Å². The van der Waals surface area contributed by atoms with E-state index in [0.717, 1.165) is 39.5 Å². The largest absolute Gasteiger partial charge is 0.358 e. The Hall–Kier alpha value is -3.32. The molecule has 0 saturated carbocycles. The molecule has 1 aliphatic heterocycles. The number of nitrogens with one attached hydrogen (secondary N) is 2. The van der Waals surface area contributed by atoms with Crippen LogP contribution in [0.4, 0.5) is 4.79 Å². The fraction of sp³-hybridized carbons (Fsp3) is 0.174. The molecule has 3 aromatic rings. The Labute approximate surface area is 178 Å². The van der Waals surface area contributed by atoms with E-state index in [0.29, 0.717) is 10.5 Å². The van der Waals surface area contributed by atoms with E-state index < -0.39 is 0 Å². The average Bonchev–Trinajstić information content (AvgIpc) is 3.19. The van der Waals surface area contributed by atoms with Crippen molar-refractivity contribution >= 4 is 45.8 Å². The number of rotatable bonds is 5. The molecule has 0 aliphatic carbocycles. The molecule has 2 aromatic carbocycles. The molecule has 2 heterocycles. The van der Waals surface area contributed by atoms with Gasteiger partial charge in [0.25, 0.3) is 17.1 Å².